The van der Waals surface area contributed by atoms with Gasteiger partial charge < -0.3 is 20.1 Å². The Morgan fingerprint density at radius 3 is 2.60 bits per heavy atom. The largest absolute Gasteiger partial charge is 0.486 e. The van der Waals surface area contributed by atoms with E-state index in [9.17, 15) is 4.79 Å². The van der Waals surface area contributed by atoms with Gasteiger partial charge in [0.1, 0.15) is 13.2 Å². The summed E-state index contributed by atoms with van der Waals surface area (Å²) >= 11 is 4.90. The van der Waals surface area contributed by atoms with Gasteiger partial charge in [0.25, 0.3) is 5.91 Å². The lowest BCUT2D eigenvalue weighted by molar-refractivity contribution is 0.0735. The summed E-state index contributed by atoms with van der Waals surface area (Å²) in [5.41, 5.74) is 6.09. The molecule has 1 aromatic carbocycles. The van der Waals surface area contributed by atoms with E-state index < -0.39 is 0 Å². The minimum atomic E-state index is -0.121. The first-order chi connectivity index (χ1) is 9.49. The fourth-order valence-corrected chi connectivity index (χ4v) is 2.14. The molecule has 1 amide bonds. The number of fused-ring (bicyclic) bond motifs is 1. The van der Waals surface area contributed by atoms with Crippen LogP contribution in [0.4, 0.5) is 0 Å². The standard InChI is InChI=1S/C14H18N2O3S/c1-9(2)16(8-13(15)20)14(17)10-3-4-11-12(7-10)19-6-5-18-11/h3-4,7,9H,5-6,8H2,1-2H3,(H2,15,20). The van der Waals surface area contributed by atoms with Crippen molar-refractivity contribution in [1.29, 1.82) is 0 Å². The Balaban J connectivity index is 2.24. The van der Waals surface area contributed by atoms with E-state index >= 15 is 0 Å². The van der Waals surface area contributed by atoms with Gasteiger partial charge in [-0.3, -0.25) is 4.79 Å². The van der Waals surface area contributed by atoms with E-state index in [-0.39, 0.29) is 18.5 Å². The van der Waals surface area contributed by atoms with Crippen molar-refractivity contribution in [2.24, 2.45) is 5.73 Å². The van der Waals surface area contributed by atoms with E-state index in [4.69, 9.17) is 27.4 Å². The van der Waals surface area contributed by atoms with Gasteiger partial charge in [0, 0.05) is 11.6 Å². The number of carbonyl (C=O) groups excluding carboxylic acids is 1. The van der Waals surface area contributed by atoms with Crippen molar-refractivity contribution in [3.8, 4) is 11.5 Å². The Kier molecular flexibility index (Phi) is 4.44. The van der Waals surface area contributed by atoms with E-state index in [1.165, 1.54) is 0 Å². The van der Waals surface area contributed by atoms with Crippen LogP contribution in [0.15, 0.2) is 18.2 Å². The van der Waals surface area contributed by atoms with Gasteiger partial charge >= 0.3 is 0 Å². The quantitative estimate of drug-likeness (QED) is 0.854. The molecule has 0 unspecified atom stereocenters. The highest BCUT2D eigenvalue weighted by molar-refractivity contribution is 7.80. The molecule has 0 fully saturated rings. The Labute approximate surface area is 123 Å². The predicted octanol–water partition coefficient (Wildman–Crippen LogP) is 1.59. The lowest BCUT2D eigenvalue weighted by atomic mass is 10.1. The molecule has 0 bridgehead atoms. The first-order valence-corrected chi connectivity index (χ1v) is 6.89. The number of hydrogen-bond donors (Lipinski definition) is 1. The second-order valence-corrected chi connectivity index (χ2v) is 5.38. The molecule has 0 saturated heterocycles. The summed E-state index contributed by atoms with van der Waals surface area (Å²) in [5.74, 6) is 1.14. The third kappa shape index (κ3) is 3.19. The SMILES string of the molecule is CC(C)N(CC(N)=S)C(=O)c1ccc2c(c1)OCCO2. The van der Waals surface area contributed by atoms with Gasteiger partial charge in [-0.25, -0.2) is 0 Å². The molecule has 1 aromatic rings. The maximum absolute atomic E-state index is 12.5. The number of amides is 1. The molecule has 20 heavy (non-hydrogen) atoms. The molecule has 0 saturated carbocycles. The van der Waals surface area contributed by atoms with Crippen LogP contribution in [0, 0.1) is 0 Å². The number of nitrogens with zero attached hydrogens (tertiary/aromatic N) is 1. The smallest absolute Gasteiger partial charge is 0.254 e. The van der Waals surface area contributed by atoms with Crippen molar-refractivity contribution in [3.05, 3.63) is 23.8 Å². The molecule has 0 aromatic heterocycles. The minimum Gasteiger partial charge on any atom is -0.486 e. The molecule has 2 rings (SSSR count). The van der Waals surface area contributed by atoms with E-state index in [2.05, 4.69) is 0 Å². The van der Waals surface area contributed by atoms with Gasteiger partial charge in [0.2, 0.25) is 0 Å². The first-order valence-electron chi connectivity index (χ1n) is 6.48. The molecule has 0 radical (unpaired) electrons. The molecule has 6 heteroatoms. The zero-order valence-corrected chi connectivity index (χ0v) is 12.4. The third-order valence-corrected chi connectivity index (χ3v) is 3.13. The van der Waals surface area contributed by atoms with Crippen LogP contribution in [0.3, 0.4) is 0 Å². The molecule has 0 aliphatic carbocycles. The predicted molar refractivity (Wildman–Crippen MR) is 80.4 cm³/mol. The minimum absolute atomic E-state index is 0.0113. The second kappa shape index (κ2) is 6.09. The van der Waals surface area contributed by atoms with Crippen molar-refractivity contribution in [2.75, 3.05) is 19.8 Å². The van der Waals surface area contributed by atoms with Crippen molar-refractivity contribution in [1.82, 2.24) is 4.90 Å². The Bertz CT molecular complexity index is 531. The van der Waals surface area contributed by atoms with Crippen LogP contribution in [0.2, 0.25) is 0 Å². The van der Waals surface area contributed by atoms with E-state index in [0.717, 1.165) is 0 Å². The lowest BCUT2D eigenvalue weighted by Crippen LogP contribution is -2.42. The van der Waals surface area contributed by atoms with Gasteiger partial charge in [0.15, 0.2) is 11.5 Å². The highest BCUT2D eigenvalue weighted by Gasteiger charge is 2.21. The van der Waals surface area contributed by atoms with Crippen LogP contribution in [0.1, 0.15) is 24.2 Å². The first kappa shape index (κ1) is 14.6. The number of benzene rings is 1. The van der Waals surface area contributed by atoms with Crippen LogP contribution in [0.25, 0.3) is 0 Å². The summed E-state index contributed by atoms with van der Waals surface area (Å²) in [7, 11) is 0. The summed E-state index contributed by atoms with van der Waals surface area (Å²) in [4.78, 5) is 14.5. The fraction of sp³-hybridized carbons (Fsp3) is 0.429. The zero-order valence-electron chi connectivity index (χ0n) is 11.6. The molecular weight excluding hydrogens is 276 g/mol. The number of hydrogen-bond acceptors (Lipinski definition) is 4. The second-order valence-electron chi connectivity index (χ2n) is 4.85. The van der Waals surface area contributed by atoms with Gasteiger partial charge in [0.05, 0.1) is 11.5 Å². The maximum atomic E-state index is 12.5. The molecule has 5 nitrogen and oxygen atoms in total. The van der Waals surface area contributed by atoms with Crippen LogP contribution in [-0.2, 0) is 0 Å². The molecule has 2 N–H and O–H groups in total. The van der Waals surface area contributed by atoms with Crippen molar-refractivity contribution >= 4 is 23.1 Å². The van der Waals surface area contributed by atoms with Crippen molar-refractivity contribution in [2.45, 2.75) is 19.9 Å². The van der Waals surface area contributed by atoms with E-state index in [1.54, 1.807) is 23.1 Å². The molecule has 0 spiro atoms. The van der Waals surface area contributed by atoms with Gasteiger partial charge in [-0.2, -0.15) is 0 Å². The summed E-state index contributed by atoms with van der Waals surface area (Å²) in [5, 5.41) is 0. The van der Waals surface area contributed by atoms with Gasteiger partial charge in [-0.05, 0) is 32.0 Å². The fourth-order valence-electron chi connectivity index (χ4n) is 2.00. The average molecular weight is 294 g/mol. The third-order valence-electron chi connectivity index (χ3n) is 3.00. The molecule has 1 aliphatic rings. The Morgan fingerprint density at radius 1 is 1.35 bits per heavy atom. The molecule has 0 atom stereocenters. The van der Waals surface area contributed by atoms with Crippen molar-refractivity contribution in [3.63, 3.8) is 0 Å². The Hall–Kier alpha value is -1.82. The highest BCUT2D eigenvalue weighted by Crippen LogP contribution is 2.31. The molecule has 1 heterocycles. The van der Waals surface area contributed by atoms with Crippen LogP contribution >= 0.6 is 12.2 Å². The van der Waals surface area contributed by atoms with Crippen molar-refractivity contribution < 1.29 is 14.3 Å². The molecular formula is C14H18N2O3S. The highest BCUT2D eigenvalue weighted by atomic mass is 32.1. The van der Waals surface area contributed by atoms with E-state index in [1.807, 2.05) is 13.8 Å². The number of ether oxygens (including phenoxy) is 2. The zero-order chi connectivity index (χ0) is 14.7. The summed E-state index contributed by atoms with van der Waals surface area (Å²) in [6.45, 7) is 5.13. The topological polar surface area (TPSA) is 64.8 Å². The molecule has 1 aliphatic heterocycles. The summed E-state index contributed by atoms with van der Waals surface area (Å²) in [6, 6.07) is 5.19. The van der Waals surface area contributed by atoms with Gasteiger partial charge in [-0.15, -0.1) is 0 Å². The summed E-state index contributed by atoms with van der Waals surface area (Å²) in [6.07, 6.45) is 0. The number of nitrogens with two attached hydrogens (primary N) is 1. The lowest BCUT2D eigenvalue weighted by Gasteiger charge is -2.27. The number of carbonyl (C=O) groups is 1. The van der Waals surface area contributed by atoms with Crippen LogP contribution in [0.5, 0.6) is 11.5 Å². The van der Waals surface area contributed by atoms with E-state index in [0.29, 0.717) is 35.3 Å². The maximum Gasteiger partial charge on any atom is 0.254 e. The number of rotatable bonds is 4. The normalized spacial score (nSPS) is 13.2. The Morgan fingerprint density at radius 2 is 2.00 bits per heavy atom. The molecule has 108 valence electrons. The monoisotopic (exact) mass is 294 g/mol. The van der Waals surface area contributed by atoms with Gasteiger partial charge in [-0.1, -0.05) is 12.2 Å². The van der Waals surface area contributed by atoms with Crippen LogP contribution < -0.4 is 15.2 Å². The average Bonchev–Trinajstić information content (AvgIpc) is 2.43. The van der Waals surface area contributed by atoms with Crippen LogP contribution in [-0.4, -0.2) is 41.6 Å². The summed E-state index contributed by atoms with van der Waals surface area (Å²) < 4.78 is 10.9. The number of thiocarbonyl (C=S) groups is 1.